The molecule has 0 aliphatic rings. The molecule has 0 atom stereocenters. The quantitative estimate of drug-likeness (QED) is 0.641. The lowest BCUT2D eigenvalue weighted by molar-refractivity contribution is -0.132. The Morgan fingerprint density at radius 2 is 1.56 bits per heavy atom. The van der Waals surface area contributed by atoms with Crippen LogP contribution in [0.2, 0.25) is 0 Å². The predicted octanol–water partition coefficient (Wildman–Crippen LogP) is 2.07. The molecule has 0 bridgehead atoms. The average molecular weight is 256 g/mol. The number of aliphatic carboxylic acids is 1. The van der Waals surface area contributed by atoms with E-state index in [9.17, 15) is 4.79 Å². The normalized spacial score (nSPS) is 13.1. The summed E-state index contributed by atoms with van der Waals surface area (Å²) < 4.78 is 0. The molecule has 0 aromatic rings. The van der Waals surface area contributed by atoms with E-state index in [0.717, 1.165) is 44.6 Å². The first kappa shape index (κ1) is 17.1. The number of rotatable bonds is 9. The maximum atomic E-state index is 11.1. The van der Waals surface area contributed by atoms with Crippen LogP contribution in [0.3, 0.4) is 0 Å². The molecule has 0 radical (unpaired) electrons. The molecule has 0 spiro atoms. The molecule has 0 saturated carbocycles. The monoisotopic (exact) mass is 256 g/mol. The summed E-state index contributed by atoms with van der Waals surface area (Å²) in [6, 6.07) is 0. The van der Waals surface area contributed by atoms with Crippen molar-refractivity contribution in [2.24, 2.45) is 0 Å². The molecule has 106 valence electrons. The van der Waals surface area contributed by atoms with Gasteiger partial charge >= 0.3 is 5.97 Å². The maximum absolute atomic E-state index is 11.1. The second kappa shape index (κ2) is 9.11. The summed E-state index contributed by atoms with van der Waals surface area (Å²) in [5.41, 5.74) is 1.59. The van der Waals surface area contributed by atoms with Crippen LogP contribution in [0.4, 0.5) is 0 Å². The Morgan fingerprint density at radius 3 is 1.94 bits per heavy atom. The Balaban J connectivity index is 4.58. The first-order chi connectivity index (χ1) is 8.42. The second-order valence-corrected chi connectivity index (χ2v) is 4.86. The van der Waals surface area contributed by atoms with Crippen LogP contribution in [0.1, 0.15) is 33.6 Å². The molecule has 0 aromatic heterocycles. The Bertz CT molecular complexity index is 282. The second-order valence-electron chi connectivity index (χ2n) is 4.86. The van der Waals surface area contributed by atoms with E-state index in [2.05, 4.69) is 23.6 Å². The Labute approximate surface area is 111 Å². The van der Waals surface area contributed by atoms with E-state index in [-0.39, 0.29) is 0 Å². The molecule has 0 heterocycles. The van der Waals surface area contributed by atoms with Gasteiger partial charge in [-0.25, -0.2) is 4.79 Å². The summed E-state index contributed by atoms with van der Waals surface area (Å²) >= 11 is 0. The van der Waals surface area contributed by atoms with E-state index in [1.54, 1.807) is 6.92 Å². The van der Waals surface area contributed by atoms with Gasteiger partial charge in [0.1, 0.15) is 0 Å². The lowest BCUT2D eigenvalue weighted by atomic mass is 10.0. The molecule has 18 heavy (non-hydrogen) atoms. The number of hydrogen-bond acceptors (Lipinski definition) is 3. The molecule has 0 amide bonds. The minimum absolute atomic E-state index is 0.518. The topological polar surface area (TPSA) is 43.8 Å². The van der Waals surface area contributed by atoms with Gasteiger partial charge in [0.25, 0.3) is 0 Å². The molecule has 4 heteroatoms. The first-order valence-electron chi connectivity index (χ1n) is 6.71. The van der Waals surface area contributed by atoms with E-state index in [0.29, 0.717) is 5.57 Å². The fraction of sp³-hybridized carbons (Fsp3) is 0.786. The highest BCUT2D eigenvalue weighted by molar-refractivity contribution is 5.86. The van der Waals surface area contributed by atoms with Gasteiger partial charge in [-0.05, 0) is 47.0 Å². The van der Waals surface area contributed by atoms with Gasteiger partial charge in [0, 0.05) is 18.7 Å². The molecule has 0 aliphatic heterocycles. The lowest BCUT2D eigenvalue weighted by Crippen LogP contribution is -2.25. The minimum Gasteiger partial charge on any atom is -0.478 e. The van der Waals surface area contributed by atoms with Crippen molar-refractivity contribution < 1.29 is 9.90 Å². The summed E-state index contributed by atoms with van der Waals surface area (Å²) in [5.74, 6) is -0.789. The molecular weight excluding hydrogens is 228 g/mol. The summed E-state index contributed by atoms with van der Waals surface area (Å²) in [7, 11) is 4.02. The molecule has 0 rings (SSSR count). The number of hydrogen-bond donors (Lipinski definition) is 1. The van der Waals surface area contributed by atoms with E-state index in [1.807, 2.05) is 14.1 Å². The van der Waals surface area contributed by atoms with Crippen molar-refractivity contribution in [3.8, 4) is 0 Å². The highest BCUT2D eigenvalue weighted by atomic mass is 16.4. The molecular formula is C14H28N2O2. The smallest absolute Gasteiger partial charge is 0.331 e. The van der Waals surface area contributed by atoms with Crippen molar-refractivity contribution in [2.75, 3.05) is 40.3 Å². The van der Waals surface area contributed by atoms with Gasteiger partial charge in [-0.3, -0.25) is 0 Å². The van der Waals surface area contributed by atoms with Crippen molar-refractivity contribution in [1.82, 2.24) is 9.80 Å². The van der Waals surface area contributed by atoms with E-state index in [1.165, 1.54) is 0 Å². The standard InChI is InChI=1S/C14H28N2O2/c1-6-16(7-2)11-9-13(8-10-15(4)5)12(3)14(17)18/h6-11H2,1-5H3,(H,17,18). The molecule has 0 unspecified atom stereocenters. The number of nitrogens with zero attached hydrogens (tertiary/aromatic N) is 2. The third-order valence-electron chi connectivity index (χ3n) is 3.34. The van der Waals surface area contributed by atoms with Crippen molar-refractivity contribution >= 4 is 5.97 Å². The Kier molecular flexibility index (Phi) is 8.67. The molecule has 1 N–H and O–H groups in total. The number of carboxylic acid groups (broad SMARTS) is 1. The van der Waals surface area contributed by atoms with Gasteiger partial charge in [0.15, 0.2) is 0 Å². The zero-order valence-electron chi connectivity index (χ0n) is 12.5. The van der Waals surface area contributed by atoms with Crippen LogP contribution in [0.15, 0.2) is 11.1 Å². The van der Waals surface area contributed by atoms with Crippen LogP contribution in [-0.2, 0) is 4.79 Å². The fourth-order valence-corrected chi connectivity index (χ4v) is 1.84. The van der Waals surface area contributed by atoms with Gasteiger partial charge in [0.2, 0.25) is 0 Å². The predicted molar refractivity (Wildman–Crippen MR) is 75.9 cm³/mol. The van der Waals surface area contributed by atoms with Crippen molar-refractivity contribution in [3.05, 3.63) is 11.1 Å². The minimum atomic E-state index is -0.789. The van der Waals surface area contributed by atoms with E-state index >= 15 is 0 Å². The first-order valence-corrected chi connectivity index (χ1v) is 6.71. The van der Waals surface area contributed by atoms with Crippen molar-refractivity contribution in [2.45, 2.75) is 33.6 Å². The molecule has 0 aliphatic carbocycles. The van der Waals surface area contributed by atoms with Gasteiger partial charge in [0.05, 0.1) is 0 Å². The van der Waals surface area contributed by atoms with Crippen LogP contribution >= 0.6 is 0 Å². The average Bonchev–Trinajstić information content (AvgIpc) is 2.32. The third kappa shape index (κ3) is 6.77. The van der Waals surface area contributed by atoms with Gasteiger partial charge in [-0.15, -0.1) is 0 Å². The molecule has 0 saturated heterocycles. The fourth-order valence-electron chi connectivity index (χ4n) is 1.84. The maximum Gasteiger partial charge on any atom is 0.331 e. The summed E-state index contributed by atoms with van der Waals surface area (Å²) in [6.07, 6.45) is 1.69. The zero-order chi connectivity index (χ0) is 14.1. The van der Waals surface area contributed by atoms with Crippen molar-refractivity contribution in [1.29, 1.82) is 0 Å². The number of carboxylic acids is 1. The van der Waals surface area contributed by atoms with Gasteiger partial charge in [-0.1, -0.05) is 19.4 Å². The summed E-state index contributed by atoms with van der Waals surface area (Å²) in [5, 5.41) is 9.11. The van der Waals surface area contributed by atoms with Crippen LogP contribution in [0, 0.1) is 0 Å². The van der Waals surface area contributed by atoms with Crippen LogP contribution in [-0.4, -0.2) is 61.2 Å². The zero-order valence-corrected chi connectivity index (χ0v) is 12.5. The van der Waals surface area contributed by atoms with Gasteiger partial charge < -0.3 is 14.9 Å². The molecule has 0 aromatic carbocycles. The third-order valence-corrected chi connectivity index (χ3v) is 3.34. The Morgan fingerprint density at radius 1 is 1.06 bits per heavy atom. The van der Waals surface area contributed by atoms with Gasteiger partial charge in [-0.2, -0.15) is 0 Å². The van der Waals surface area contributed by atoms with E-state index in [4.69, 9.17) is 5.11 Å². The SMILES string of the molecule is CCN(CC)CCC(CCN(C)C)=C(C)C(=O)O. The van der Waals surface area contributed by atoms with E-state index < -0.39 is 5.97 Å². The molecule has 4 nitrogen and oxygen atoms in total. The summed E-state index contributed by atoms with van der Waals surface area (Å²) in [6.45, 7) is 9.87. The van der Waals surface area contributed by atoms with Crippen LogP contribution in [0.25, 0.3) is 0 Å². The van der Waals surface area contributed by atoms with Crippen LogP contribution < -0.4 is 0 Å². The number of carbonyl (C=O) groups is 1. The largest absolute Gasteiger partial charge is 0.478 e. The van der Waals surface area contributed by atoms with Crippen molar-refractivity contribution in [3.63, 3.8) is 0 Å². The highest BCUT2D eigenvalue weighted by Crippen LogP contribution is 2.15. The Hall–Kier alpha value is -0.870. The highest BCUT2D eigenvalue weighted by Gasteiger charge is 2.11. The lowest BCUT2D eigenvalue weighted by Gasteiger charge is -2.20. The summed E-state index contributed by atoms with van der Waals surface area (Å²) in [4.78, 5) is 15.5. The van der Waals surface area contributed by atoms with Crippen LogP contribution in [0.5, 0.6) is 0 Å². The molecule has 0 fully saturated rings.